The predicted molar refractivity (Wildman–Crippen MR) is 94.4 cm³/mol. The van der Waals surface area contributed by atoms with Crippen LogP contribution in [0.15, 0.2) is 66.0 Å². The molecule has 3 aromatic rings. The molecule has 0 bridgehead atoms. The quantitative estimate of drug-likeness (QED) is 0.719. The van der Waals surface area contributed by atoms with Crippen LogP contribution in [-0.2, 0) is 16.6 Å². The van der Waals surface area contributed by atoms with Crippen molar-refractivity contribution in [3.8, 4) is 17.0 Å². The van der Waals surface area contributed by atoms with E-state index in [1.54, 1.807) is 36.8 Å². The molecule has 0 amide bonds. The zero-order valence-corrected chi connectivity index (χ0v) is 14.7. The average molecular weight is 373 g/mol. The van der Waals surface area contributed by atoms with Gasteiger partial charge in [0.2, 0.25) is 10.0 Å². The summed E-state index contributed by atoms with van der Waals surface area (Å²) < 4.78 is 45.7. The van der Waals surface area contributed by atoms with E-state index >= 15 is 0 Å². The summed E-state index contributed by atoms with van der Waals surface area (Å²) in [5.74, 6) is -0.752. The standard InChI is InChI=1S/C18H16FN3O3S/c1-25-18-5-4-15(10-16(18)19)26(23,24)22-11-13-6-8-21-17(9-13)14-3-2-7-20-12-14/h2-10,12,22H,11H2,1H3. The molecule has 3 rings (SSSR count). The van der Waals surface area contributed by atoms with E-state index in [1.807, 2.05) is 6.07 Å². The lowest BCUT2D eigenvalue weighted by Gasteiger charge is -2.09. The smallest absolute Gasteiger partial charge is 0.240 e. The number of rotatable bonds is 6. The maximum Gasteiger partial charge on any atom is 0.240 e. The highest BCUT2D eigenvalue weighted by Crippen LogP contribution is 2.21. The summed E-state index contributed by atoms with van der Waals surface area (Å²) >= 11 is 0. The van der Waals surface area contributed by atoms with Crippen molar-refractivity contribution in [2.24, 2.45) is 0 Å². The number of pyridine rings is 2. The number of ether oxygens (including phenoxy) is 1. The molecule has 0 saturated heterocycles. The summed E-state index contributed by atoms with van der Waals surface area (Å²) in [6.45, 7) is 0.0474. The summed E-state index contributed by atoms with van der Waals surface area (Å²) in [6, 6.07) is 10.6. The van der Waals surface area contributed by atoms with E-state index in [0.29, 0.717) is 5.69 Å². The Balaban J connectivity index is 1.77. The second-order valence-corrected chi connectivity index (χ2v) is 7.18. The van der Waals surface area contributed by atoms with E-state index < -0.39 is 15.8 Å². The number of methoxy groups -OCH3 is 1. The molecule has 0 atom stereocenters. The van der Waals surface area contributed by atoms with Crippen LogP contribution in [0.25, 0.3) is 11.3 Å². The Morgan fingerprint density at radius 3 is 2.69 bits per heavy atom. The van der Waals surface area contributed by atoms with E-state index in [-0.39, 0.29) is 17.2 Å². The SMILES string of the molecule is COc1ccc(S(=O)(=O)NCc2ccnc(-c3cccnc3)c2)cc1F. The minimum Gasteiger partial charge on any atom is -0.494 e. The van der Waals surface area contributed by atoms with Gasteiger partial charge in [-0.15, -0.1) is 0 Å². The number of sulfonamides is 1. The van der Waals surface area contributed by atoms with Gasteiger partial charge in [-0.05, 0) is 48.0 Å². The maximum absolute atomic E-state index is 13.8. The molecule has 0 spiro atoms. The van der Waals surface area contributed by atoms with Gasteiger partial charge in [-0.2, -0.15) is 0 Å². The van der Waals surface area contributed by atoms with Crippen molar-refractivity contribution in [3.63, 3.8) is 0 Å². The van der Waals surface area contributed by atoms with Gasteiger partial charge in [0.1, 0.15) is 0 Å². The Morgan fingerprint density at radius 1 is 1.15 bits per heavy atom. The Hall–Kier alpha value is -2.84. The fourth-order valence-corrected chi connectivity index (χ4v) is 3.36. The summed E-state index contributed by atoms with van der Waals surface area (Å²) in [6.07, 6.45) is 4.94. The number of nitrogens with one attached hydrogen (secondary N) is 1. The molecule has 0 aliphatic rings. The van der Waals surface area contributed by atoms with Crippen LogP contribution >= 0.6 is 0 Å². The van der Waals surface area contributed by atoms with Crippen LogP contribution < -0.4 is 9.46 Å². The molecule has 26 heavy (non-hydrogen) atoms. The van der Waals surface area contributed by atoms with E-state index in [0.717, 1.165) is 17.2 Å². The van der Waals surface area contributed by atoms with E-state index in [4.69, 9.17) is 4.74 Å². The summed E-state index contributed by atoms with van der Waals surface area (Å²) in [5.41, 5.74) is 2.23. The van der Waals surface area contributed by atoms with Crippen molar-refractivity contribution in [2.45, 2.75) is 11.4 Å². The Labute approximate surface area is 150 Å². The highest BCUT2D eigenvalue weighted by atomic mass is 32.2. The van der Waals surface area contributed by atoms with Crippen molar-refractivity contribution >= 4 is 10.0 Å². The van der Waals surface area contributed by atoms with Crippen LogP contribution in [0.4, 0.5) is 4.39 Å². The number of hydrogen-bond donors (Lipinski definition) is 1. The Kier molecular flexibility index (Phi) is 5.24. The third-order valence-electron chi connectivity index (χ3n) is 3.68. The van der Waals surface area contributed by atoms with Crippen molar-refractivity contribution in [2.75, 3.05) is 7.11 Å². The molecule has 0 radical (unpaired) electrons. The minimum absolute atomic E-state index is 0.0146. The lowest BCUT2D eigenvalue weighted by molar-refractivity contribution is 0.385. The van der Waals surface area contributed by atoms with Crippen LogP contribution in [0.3, 0.4) is 0 Å². The van der Waals surface area contributed by atoms with Crippen molar-refractivity contribution < 1.29 is 17.5 Å². The predicted octanol–water partition coefficient (Wildman–Crippen LogP) is 2.77. The van der Waals surface area contributed by atoms with Crippen LogP contribution in [0.5, 0.6) is 5.75 Å². The first-order chi connectivity index (χ1) is 12.5. The van der Waals surface area contributed by atoms with E-state index in [1.165, 1.54) is 19.2 Å². The first-order valence-corrected chi connectivity index (χ1v) is 9.16. The lowest BCUT2D eigenvalue weighted by Crippen LogP contribution is -2.23. The van der Waals surface area contributed by atoms with Crippen LogP contribution in [0.1, 0.15) is 5.56 Å². The maximum atomic E-state index is 13.8. The molecular weight excluding hydrogens is 357 g/mol. The first-order valence-electron chi connectivity index (χ1n) is 7.68. The van der Waals surface area contributed by atoms with Crippen molar-refractivity contribution in [1.29, 1.82) is 0 Å². The van der Waals surface area contributed by atoms with E-state index in [9.17, 15) is 12.8 Å². The van der Waals surface area contributed by atoms with Gasteiger partial charge in [0.25, 0.3) is 0 Å². The zero-order chi connectivity index (χ0) is 18.6. The second-order valence-electron chi connectivity index (χ2n) is 5.41. The van der Waals surface area contributed by atoms with Crippen molar-refractivity contribution in [1.82, 2.24) is 14.7 Å². The Morgan fingerprint density at radius 2 is 2.00 bits per heavy atom. The van der Waals surface area contributed by atoms with Gasteiger partial charge in [-0.3, -0.25) is 9.97 Å². The van der Waals surface area contributed by atoms with Gasteiger partial charge in [0, 0.05) is 30.7 Å². The minimum atomic E-state index is -3.86. The van der Waals surface area contributed by atoms with Gasteiger partial charge in [-0.25, -0.2) is 17.5 Å². The van der Waals surface area contributed by atoms with E-state index in [2.05, 4.69) is 14.7 Å². The number of halogens is 1. The molecule has 2 aromatic heterocycles. The van der Waals surface area contributed by atoms with Gasteiger partial charge >= 0.3 is 0 Å². The zero-order valence-electron chi connectivity index (χ0n) is 13.9. The molecule has 1 N–H and O–H groups in total. The average Bonchev–Trinajstić information content (AvgIpc) is 2.67. The molecule has 0 unspecified atom stereocenters. The van der Waals surface area contributed by atoms with Crippen LogP contribution in [-0.4, -0.2) is 25.5 Å². The molecule has 0 fully saturated rings. The number of benzene rings is 1. The largest absolute Gasteiger partial charge is 0.494 e. The topological polar surface area (TPSA) is 81.2 Å². The molecule has 0 saturated carbocycles. The Bertz CT molecular complexity index is 1010. The summed E-state index contributed by atoms with van der Waals surface area (Å²) in [4.78, 5) is 8.13. The van der Waals surface area contributed by atoms with Crippen LogP contribution in [0.2, 0.25) is 0 Å². The third-order valence-corrected chi connectivity index (χ3v) is 5.08. The molecule has 8 heteroatoms. The van der Waals surface area contributed by atoms with Gasteiger partial charge in [-0.1, -0.05) is 0 Å². The first kappa shape index (κ1) is 18.0. The number of hydrogen-bond acceptors (Lipinski definition) is 5. The molecule has 0 aliphatic carbocycles. The van der Waals surface area contributed by atoms with Gasteiger partial charge in [0.05, 0.1) is 17.7 Å². The highest BCUT2D eigenvalue weighted by molar-refractivity contribution is 7.89. The fraction of sp³-hybridized carbons (Fsp3) is 0.111. The molecule has 0 aliphatic heterocycles. The molecule has 1 aromatic carbocycles. The van der Waals surface area contributed by atoms with Crippen LogP contribution in [0, 0.1) is 5.82 Å². The summed E-state index contributed by atoms with van der Waals surface area (Å²) in [7, 11) is -2.55. The fourth-order valence-electron chi connectivity index (χ4n) is 2.33. The third kappa shape index (κ3) is 4.04. The number of nitrogens with zero attached hydrogens (tertiary/aromatic N) is 2. The molecule has 134 valence electrons. The summed E-state index contributed by atoms with van der Waals surface area (Å²) in [5, 5.41) is 0. The van der Waals surface area contributed by atoms with Gasteiger partial charge < -0.3 is 4.74 Å². The normalized spacial score (nSPS) is 11.3. The monoisotopic (exact) mass is 373 g/mol. The second kappa shape index (κ2) is 7.59. The molecule has 6 nitrogen and oxygen atoms in total. The molecule has 2 heterocycles. The van der Waals surface area contributed by atoms with Crippen molar-refractivity contribution in [3.05, 3.63) is 72.4 Å². The van der Waals surface area contributed by atoms with Gasteiger partial charge in [0.15, 0.2) is 11.6 Å². The number of aromatic nitrogens is 2. The molecular formula is C18H16FN3O3S. The lowest BCUT2D eigenvalue weighted by atomic mass is 10.1. The highest BCUT2D eigenvalue weighted by Gasteiger charge is 2.16.